The Morgan fingerprint density at radius 1 is 1.06 bits per heavy atom. The Morgan fingerprint density at radius 2 is 1.87 bits per heavy atom. The number of amides is 2. The maximum Gasteiger partial charge on any atom is 0.326 e. The molecule has 8 nitrogen and oxygen atoms in total. The molecular weight excluding hydrogens is 390 g/mol. The van der Waals surface area contributed by atoms with Gasteiger partial charge in [-0.2, -0.15) is 0 Å². The van der Waals surface area contributed by atoms with Gasteiger partial charge in [-0.3, -0.25) is 4.90 Å². The van der Waals surface area contributed by atoms with Gasteiger partial charge in [-0.05, 0) is 24.1 Å². The van der Waals surface area contributed by atoms with Gasteiger partial charge in [0.2, 0.25) is 0 Å². The Kier molecular flexibility index (Phi) is 4.54. The lowest BCUT2D eigenvalue weighted by molar-refractivity contribution is 0.218. The lowest BCUT2D eigenvalue weighted by atomic mass is 10.0. The SMILES string of the molecule is Cc1cc(N2CCN(Cc3ccccc3)C2=O)ncc1-c1cn(C)c2ncnc(N)c12. The Balaban J connectivity index is 1.44. The van der Waals surface area contributed by atoms with Gasteiger partial charge in [0, 0.05) is 50.2 Å². The number of nitrogens with two attached hydrogens (primary N) is 1. The van der Waals surface area contributed by atoms with E-state index in [-0.39, 0.29) is 6.03 Å². The minimum Gasteiger partial charge on any atom is -0.383 e. The van der Waals surface area contributed by atoms with Crippen LogP contribution in [-0.2, 0) is 13.6 Å². The molecule has 3 aromatic heterocycles. The van der Waals surface area contributed by atoms with Crippen LogP contribution in [0.3, 0.4) is 0 Å². The van der Waals surface area contributed by atoms with Crippen molar-refractivity contribution in [1.82, 2.24) is 24.4 Å². The van der Waals surface area contributed by atoms with E-state index in [2.05, 4.69) is 15.0 Å². The molecule has 31 heavy (non-hydrogen) atoms. The lowest BCUT2D eigenvalue weighted by Crippen LogP contribution is -2.32. The first kappa shape index (κ1) is 19.0. The number of aromatic nitrogens is 4. The normalized spacial score (nSPS) is 14.1. The summed E-state index contributed by atoms with van der Waals surface area (Å²) in [4.78, 5) is 29.7. The van der Waals surface area contributed by atoms with E-state index in [1.54, 1.807) is 11.1 Å². The second-order valence-electron chi connectivity index (χ2n) is 7.81. The number of aryl methyl sites for hydroxylation is 2. The molecule has 1 aliphatic heterocycles. The minimum atomic E-state index is -0.0219. The van der Waals surface area contributed by atoms with Crippen molar-refractivity contribution in [3.8, 4) is 11.1 Å². The third-order valence-electron chi connectivity index (χ3n) is 5.76. The first-order chi connectivity index (χ1) is 15.0. The Morgan fingerprint density at radius 3 is 2.65 bits per heavy atom. The molecule has 4 aromatic rings. The van der Waals surface area contributed by atoms with Gasteiger partial charge >= 0.3 is 6.03 Å². The fourth-order valence-electron chi connectivity index (χ4n) is 4.16. The molecule has 1 aromatic carbocycles. The number of fused-ring (bicyclic) bond motifs is 1. The molecule has 0 atom stereocenters. The highest BCUT2D eigenvalue weighted by Crippen LogP contribution is 2.34. The van der Waals surface area contributed by atoms with Crippen LogP contribution in [0, 0.1) is 6.92 Å². The molecule has 0 aliphatic carbocycles. The summed E-state index contributed by atoms with van der Waals surface area (Å²) in [6.45, 7) is 3.91. The fourth-order valence-corrected chi connectivity index (χ4v) is 4.16. The van der Waals surface area contributed by atoms with E-state index in [0.717, 1.165) is 33.3 Å². The van der Waals surface area contributed by atoms with Crippen molar-refractivity contribution in [2.75, 3.05) is 23.7 Å². The van der Waals surface area contributed by atoms with Gasteiger partial charge in [0.1, 0.15) is 23.6 Å². The molecule has 0 unspecified atom stereocenters. The summed E-state index contributed by atoms with van der Waals surface area (Å²) >= 11 is 0. The highest BCUT2D eigenvalue weighted by Gasteiger charge is 2.30. The van der Waals surface area contributed by atoms with Gasteiger partial charge < -0.3 is 15.2 Å². The summed E-state index contributed by atoms with van der Waals surface area (Å²) in [5, 5.41) is 0.814. The van der Waals surface area contributed by atoms with E-state index < -0.39 is 0 Å². The van der Waals surface area contributed by atoms with Crippen molar-refractivity contribution in [3.63, 3.8) is 0 Å². The number of hydrogen-bond donors (Lipinski definition) is 1. The van der Waals surface area contributed by atoms with Gasteiger partial charge in [-0.15, -0.1) is 0 Å². The molecule has 0 spiro atoms. The molecule has 0 saturated carbocycles. The van der Waals surface area contributed by atoms with Crippen LogP contribution in [0.1, 0.15) is 11.1 Å². The second kappa shape index (κ2) is 7.39. The molecule has 5 rings (SSSR count). The number of carbonyl (C=O) groups excluding carboxylic acids is 1. The van der Waals surface area contributed by atoms with E-state index in [1.165, 1.54) is 6.33 Å². The smallest absolute Gasteiger partial charge is 0.326 e. The summed E-state index contributed by atoms with van der Waals surface area (Å²) in [5.41, 5.74) is 10.9. The average Bonchev–Trinajstić information content (AvgIpc) is 3.30. The van der Waals surface area contributed by atoms with Crippen LogP contribution in [0.5, 0.6) is 0 Å². The van der Waals surface area contributed by atoms with Gasteiger partial charge in [0.05, 0.1) is 5.39 Å². The molecular formula is C23H23N7O. The molecule has 1 aliphatic rings. The number of hydrogen-bond acceptors (Lipinski definition) is 5. The summed E-state index contributed by atoms with van der Waals surface area (Å²) in [5.74, 6) is 1.10. The van der Waals surface area contributed by atoms with Crippen LogP contribution in [0.2, 0.25) is 0 Å². The highest BCUT2D eigenvalue weighted by molar-refractivity contribution is 6.01. The zero-order valence-corrected chi connectivity index (χ0v) is 17.5. The van der Waals surface area contributed by atoms with Crippen molar-refractivity contribution in [3.05, 3.63) is 66.2 Å². The minimum absolute atomic E-state index is 0.0219. The van der Waals surface area contributed by atoms with Crippen LogP contribution in [-0.4, -0.2) is 43.5 Å². The number of nitrogen functional groups attached to an aromatic ring is 1. The van der Waals surface area contributed by atoms with Crippen molar-refractivity contribution in [1.29, 1.82) is 0 Å². The molecule has 1 saturated heterocycles. The highest BCUT2D eigenvalue weighted by atomic mass is 16.2. The molecule has 2 amide bonds. The zero-order valence-electron chi connectivity index (χ0n) is 17.5. The Labute approximate surface area is 180 Å². The Bertz CT molecular complexity index is 1280. The largest absolute Gasteiger partial charge is 0.383 e. The van der Waals surface area contributed by atoms with Crippen molar-refractivity contribution < 1.29 is 4.79 Å². The molecule has 4 heterocycles. The number of urea groups is 1. The van der Waals surface area contributed by atoms with Crippen LogP contribution in [0.4, 0.5) is 16.4 Å². The molecule has 0 radical (unpaired) electrons. The topological polar surface area (TPSA) is 93.2 Å². The standard InChI is InChI=1S/C23H23N7O/c1-15-10-19(30-9-8-29(23(30)31)12-16-6-4-3-5-7-16)25-11-17(15)18-13-28(2)22-20(18)21(24)26-14-27-22/h3-7,10-11,13-14H,8-9,12H2,1-2H3,(H2,24,26,27). The number of nitrogens with zero attached hydrogens (tertiary/aromatic N) is 6. The van der Waals surface area contributed by atoms with Gasteiger partial charge in [-0.1, -0.05) is 30.3 Å². The molecule has 8 heteroatoms. The van der Waals surface area contributed by atoms with E-state index >= 15 is 0 Å². The predicted octanol–water partition coefficient (Wildman–Crippen LogP) is 3.36. The van der Waals surface area contributed by atoms with E-state index in [1.807, 2.05) is 66.0 Å². The predicted molar refractivity (Wildman–Crippen MR) is 120 cm³/mol. The zero-order chi connectivity index (χ0) is 21.5. The third kappa shape index (κ3) is 3.26. The molecule has 156 valence electrons. The van der Waals surface area contributed by atoms with E-state index in [0.29, 0.717) is 31.3 Å². The van der Waals surface area contributed by atoms with Crippen LogP contribution in [0.25, 0.3) is 22.2 Å². The Hall–Kier alpha value is -3.94. The first-order valence-corrected chi connectivity index (χ1v) is 10.2. The third-order valence-corrected chi connectivity index (χ3v) is 5.76. The molecule has 1 fully saturated rings. The van der Waals surface area contributed by atoms with Crippen LogP contribution >= 0.6 is 0 Å². The summed E-state index contributed by atoms with van der Waals surface area (Å²) in [6.07, 6.45) is 5.26. The number of pyridine rings is 1. The number of anilines is 2. The molecule has 2 N–H and O–H groups in total. The number of benzene rings is 1. The lowest BCUT2D eigenvalue weighted by Gasteiger charge is -2.19. The summed E-state index contributed by atoms with van der Waals surface area (Å²) in [7, 11) is 1.93. The van der Waals surface area contributed by atoms with Gasteiger partial charge in [-0.25, -0.2) is 19.7 Å². The first-order valence-electron chi connectivity index (χ1n) is 10.2. The van der Waals surface area contributed by atoms with Gasteiger partial charge in [0.15, 0.2) is 0 Å². The van der Waals surface area contributed by atoms with Gasteiger partial charge in [0.25, 0.3) is 0 Å². The van der Waals surface area contributed by atoms with Crippen molar-refractivity contribution in [2.24, 2.45) is 7.05 Å². The maximum absolute atomic E-state index is 13.0. The van der Waals surface area contributed by atoms with E-state index in [9.17, 15) is 4.79 Å². The van der Waals surface area contributed by atoms with E-state index in [4.69, 9.17) is 5.73 Å². The maximum atomic E-state index is 13.0. The number of rotatable bonds is 4. The summed E-state index contributed by atoms with van der Waals surface area (Å²) < 4.78 is 1.93. The average molecular weight is 413 g/mol. The van der Waals surface area contributed by atoms with Crippen molar-refractivity contribution >= 4 is 28.7 Å². The quantitative estimate of drug-likeness (QED) is 0.554. The monoisotopic (exact) mass is 413 g/mol. The molecule has 0 bridgehead atoms. The second-order valence-corrected chi connectivity index (χ2v) is 7.81. The van der Waals surface area contributed by atoms with Crippen LogP contribution in [0.15, 0.2) is 55.1 Å². The fraction of sp³-hybridized carbons (Fsp3) is 0.217. The van der Waals surface area contributed by atoms with Crippen LogP contribution < -0.4 is 10.6 Å². The summed E-state index contributed by atoms with van der Waals surface area (Å²) in [6, 6.07) is 12.0. The number of carbonyl (C=O) groups is 1. The van der Waals surface area contributed by atoms with Crippen molar-refractivity contribution in [2.45, 2.75) is 13.5 Å².